The van der Waals surface area contributed by atoms with Crippen LogP contribution in [-0.4, -0.2) is 117 Å². The maximum Gasteiger partial charge on any atom is 0.319 e. The molecule has 4 saturated heterocycles. The van der Waals surface area contributed by atoms with E-state index in [0.29, 0.717) is 84.6 Å². The van der Waals surface area contributed by atoms with Crippen LogP contribution in [0.15, 0.2) is 48.7 Å². The van der Waals surface area contributed by atoms with Gasteiger partial charge in [-0.3, -0.25) is 29.6 Å². The molecule has 6 heterocycles. The topological polar surface area (TPSA) is 188 Å². The van der Waals surface area contributed by atoms with E-state index in [9.17, 15) is 29.0 Å². The fraction of sp³-hybridized carbons (Fsp3) is 0.591. The predicted octanol–water partition coefficient (Wildman–Crippen LogP) is 13.1. The molecule has 6 unspecified atom stereocenters. The number of halogens is 2. The van der Waals surface area contributed by atoms with Crippen molar-refractivity contribution in [3.05, 3.63) is 77.0 Å². The maximum atomic E-state index is 16.9. The monoisotopic (exact) mass is 1150 g/mol. The first-order valence-corrected chi connectivity index (χ1v) is 30.6. The molecule has 0 aliphatic carbocycles. The number of aldehydes is 1. The summed E-state index contributed by atoms with van der Waals surface area (Å²) in [4.78, 5) is 64.8. The molecule has 3 N–H and O–H groups in total. The summed E-state index contributed by atoms with van der Waals surface area (Å²) in [5, 5.41) is 25.5. The van der Waals surface area contributed by atoms with Crippen molar-refractivity contribution in [1.29, 1.82) is 0 Å². The highest BCUT2D eigenvalue weighted by Crippen LogP contribution is 2.45. The number of nitrogens with zero attached hydrogens (tertiary/aromatic N) is 6. The molecular weight excluding hydrogens is 1060 g/mol. The number of carbonyl (C=O) groups excluding carboxylic acids is 4. The number of β-amino-alcohol motifs (C(OH)–C–C–N with tert-alkyl or cyclic N) is 1. The Labute approximate surface area is 491 Å². The molecule has 9 rings (SSSR count). The number of hydrogen-bond acceptors (Lipinski definition) is 14. The van der Waals surface area contributed by atoms with Crippen LogP contribution in [0.1, 0.15) is 195 Å². The lowest BCUT2D eigenvalue weighted by atomic mass is 9.80. The van der Waals surface area contributed by atoms with Crippen LogP contribution in [0.4, 0.5) is 20.3 Å². The number of carbonyl (C=O) groups is 4. The number of aliphatic hydroxyl groups is 1. The molecule has 15 nitrogen and oxygen atoms in total. The van der Waals surface area contributed by atoms with Crippen LogP contribution < -0.4 is 19.9 Å². The molecule has 3 aromatic carbocycles. The molecule has 5 aromatic rings. The summed E-state index contributed by atoms with van der Waals surface area (Å²) in [6, 6.07) is 12.3. The van der Waals surface area contributed by atoms with Crippen molar-refractivity contribution in [3.63, 3.8) is 0 Å². The van der Waals surface area contributed by atoms with E-state index >= 15 is 4.39 Å². The number of nitrogens with one attached hydrogen (secondary N) is 1. The van der Waals surface area contributed by atoms with Gasteiger partial charge in [-0.1, -0.05) is 92.9 Å². The first kappa shape index (κ1) is 65.8. The van der Waals surface area contributed by atoms with Crippen LogP contribution in [0.25, 0.3) is 32.9 Å². The zero-order chi connectivity index (χ0) is 60.8. The van der Waals surface area contributed by atoms with Crippen molar-refractivity contribution in [2.24, 2.45) is 5.92 Å². The SMILES string of the molecule is CC.CC=O.CCCC(CCC(C)CC)c1cccc(N(C)C2CCC(=O)NC2=O)c1C(C)CC.CCc1c(F)ccc2cc(O)cc(-c3ncc4c(N5CCC[C@@](C)(O)C5)nc(OCC56CCCN5C(COC(C)=O)CC6)nc4c3F)c12. The molecule has 2 amide bonds. The number of likely N-dealkylation sites (N-methyl/N-ethyl adjacent to an activating group) is 1. The van der Waals surface area contributed by atoms with Gasteiger partial charge in [-0.05, 0) is 161 Å². The molecule has 0 bridgehead atoms. The molecule has 4 aliphatic rings. The number of ether oxygens (including phenoxy) is 2. The fourth-order valence-corrected chi connectivity index (χ4v) is 12.8. The number of fused-ring (bicyclic) bond motifs is 3. The molecule has 2 aromatic heterocycles. The lowest BCUT2D eigenvalue weighted by Crippen LogP contribution is -2.51. The Bertz CT molecular complexity index is 3030. The number of aryl methyl sites for hydroxylation is 1. The number of amides is 2. The number of anilines is 2. The summed E-state index contributed by atoms with van der Waals surface area (Å²) in [6.07, 6.45) is 15.7. The average molecular weight is 1150 g/mol. The number of phenolic OH excluding ortho intramolecular Hbond substituents is 1. The number of imide groups is 1. The van der Waals surface area contributed by atoms with E-state index in [-0.39, 0.29) is 77.1 Å². The number of piperidine rings is 2. The lowest BCUT2D eigenvalue weighted by molar-refractivity contribution is -0.142. The highest BCUT2D eigenvalue weighted by Gasteiger charge is 2.50. The van der Waals surface area contributed by atoms with Crippen LogP contribution in [0.2, 0.25) is 0 Å². The second-order valence-corrected chi connectivity index (χ2v) is 23.3. The average Bonchev–Trinajstić information content (AvgIpc) is 3.70. The maximum absolute atomic E-state index is 16.9. The molecule has 83 heavy (non-hydrogen) atoms. The Balaban J connectivity index is 0.000000272. The number of phenols is 1. The van der Waals surface area contributed by atoms with E-state index in [2.05, 4.69) is 77.9 Å². The molecular formula is C66H93F2N7O8. The summed E-state index contributed by atoms with van der Waals surface area (Å²) in [7, 11) is 2.01. The second-order valence-electron chi connectivity index (χ2n) is 23.3. The van der Waals surface area contributed by atoms with Crippen LogP contribution in [-0.2, 0) is 30.3 Å². The summed E-state index contributed by atoms with van der Waals surface area (Å²) in [6.45, 7) is 24.3. The van der Waals surface area contributed by atoms with Gasteiger partial charge in [0.05, 0.1) is 16.5 Å². The Hall–Kier alpha value is -6.33. The first-order valence-electron chi connectivity index (χ1n) is 30.6. The molecule has 17 heteroatoms. The van der Waals surface area contributed by atoms with Gasteiger partial charge in [0.25, 0.3) is 0 Å². The standard InChI is InChI=1S/C36H41F2N5O5.C26H42N2O2.C2H4O.C2H6/c1-4-25-28(37)8-7-22-15-24(45)16-26(29(22)25)31-30(38)32-27(17-39-31)33(42-13-5-10-35(3,46)19-42)41-34(40-32)48-20-36-11-6-14-43(36)23(9-12-36)18-47-21(2)44;1-7-11-20(15-14-18(4)8-2)21-12-10-13-22(25(21)19(5)9-3)28(6)23-16-17-24(29)27-26(23)30;1-2-3;1-2/h7-8,15-17,23,45-46H,4-6,9-14,18-20H2,1-3H3;10,12-13,18-20,23H,7-9,11,14-17H2,1-6H3,(H,27,29,30);2H,1H3;1-2H3/t23?,35-,36?;;;/m1.../s1. The van der Waals surface area contributed by atoms with Crippen molar-refractivity contribution < 1.29 is 47.6 Å². The third-order valence-corrected chi connectivity index (χ3v) is 17.4. The first-order chi connectivity index (χ1) is 39.7. The second kappa shape index (κ2) is 30.0. The fourth-order valence-electron chi connectivity index (χ4n) is 12.8. The largest absolute Gasteiger partial charge is 0.508 e. The van der Waals surface area contributed by atoms with Crippen LogP contribution in [0, 0.1) is 17.6 Å². The van der Waals surface area contributed by atoms with Crippen molar-refractivity contribution in [2.45, 2.75) is 208 Å². The van der Waals surface area contributed by atoms with Crippen molar-refractivity contribution in [3.8, 4) is 23.0 Å². The third kappa shape index (κ3) is 15.5. The number of aromatic nitrogens is 3. The van der Waals surface area contributed by atoms with Gasteiger partial charge < -0.3 is 34.3 Å². The third-order valence-electron chi connectivity index (χ3n) is 17.4. The minimum Gasteiger partial charge on any atom is -0.508 e. The van der Waals surface area contributed by atoms with Gasteiger partial charge in [-0.25, -0.2) is 8.78 Å². The summed E-state index contributed by atoms with van der Waals surface area (Å²) < 4.78 is 43.6. The summed E-state index contributed by atoms with van der Waals surface area (Å²) in [5.41, 5.74) is 3.34. The molecule has 0 spiro atoms. The van der Waals surface area contributed by atoms with Gasteiger partial charge in [0.15, 0.2) is 5.82 Å². The molecule has 4 aliphatic heterocycles. The van der Waals surface area contributed by atoms with Gasteiger partial charge in [0.2, 0.25) is 11.8 Å². The zero-order valence-corrected chi connectivity index (χ0v) is 51.5. The Morgan fingerprint density at radius 3 is 2.37 bits per heavy atom. The van der Waals surface area contributed by atoms with E-state index in [1.807, 2.05) is 32.7 Å². The smallest absolute Gasteiger partial charge is 0.319 e. The number of pyridine rings is 1. The van der Waals surface area contributed by atoms with Gasteiger partial charge in [0, 0.05) is 57.0 Å². The molecule has 0 radical (unpaired) electrons. The van der Waals surface area contributed by atoms with Crippen LogP contribution >= 0.6 is 0 Å². The van der Waals surface area contributed by atoms with Crippen LogP contribution in [0.3, 0.4) is 0 Å². The number of esters is 1. The quantitative estimate of drug-likeness (QED) is 0.0402. The van der Waals surface area contributed by atoms with Crippen molar-refractivity contribution in [2.75, 3.05) is 49.7 Å². The van der Waals surface area contributed by atoms with E-state index in [4.69, 9.17) is 19.3 Å². The van der Waals surface area contributed by atoms with Crippen molar-refractivity contribution in [1.82, 2.24) is 25.2 Å². The van der Waals surface area contributed by atoms with E-state index in [0.717, 1.165) is 56.5 Å². The summed E-state index contributed by atoms with van der Waals surface area (Å²) >= 11 is 0. The number of benzene rings is 3. The zero-order valence-electron chi connectivity index (χ0n) is 51.5. The number of hydrogen-bond donors (Lipinski definition) is 3. The minimum absolute atomic E-state index is 0.00415. The Kier molecular flexibility index (Phi) is 23.8. The van der Waals surface area contributed by atoms with Gasteiger partial charge in [0.1, 0.15) is 54.1 Å². The predicted molar refractivity (Wildman–Crippen MR) is 326 cm³/mol. The van der Waals surface area contributed by atoms with Gasteiger partial charge >= 0.3 is 12.0 Å². The van der Waals surface area contributed by atoms with Gasteiger partial charge in [-0.15, -0.1) is 0 Å². The normalized spacial score (nSPS) is 21.5. The van der Waals surface area contributed by atoms with Crippen LogP contribution in [0.5, 0.6) is 11.8 Å². The molecule has 7 atom stereocenters. The highest BCUT2D eigenvalue weighted by molar-refractivity contribution is 6.03. The van der Waals surface area contributed by atoms with Gasteiger partial charge in [-0.2, -0.15) is 9.97 Å². The number of aromatic hydroxyl groups is 1. The molecule has 454 valence electrons. The number of rotatable bonds is 19. The summed E-state index contributed by atoms with van der Waals surface area (Å²) in [5.74, 6) is 0.257. The Morgan fingerprint density at radius 1 is 0.976 bits per heavy atom. The van der Waals surface area contributed by atoms with Crippen molar-refractivity contribution >= 4 is 57.3 Å². The molecule has 0 saturated carbocycles. The minimum atomic E-state index is -0.965. The van der Waals surface area contributed by atoms with E-state index in [1.165, 1.54) is 81.5 Å². The van der Waals surface area contributed by atoms with E-state index in [1.54, 1.807) is 13.0 Å². The van der Waals surface area contributed by atoms with E-state index < -0.39 is 17.2 Å². The lowest BCUT2D eigenvalue weighted by Gasteiger charge is -2.38. The molecule has 4 fully saturated rings. The Morgan fingerprint density at radius 2 is 1.71 bits per heavy atom. The highest BCUT2D eigenvalue weighted by atomic mass is 19.1.